The van der Waals surface area contributed by atoms with Crippen LogP contribution in [0.4, 0.5) is 11.5 Å². The average Bonchev–Trinajstić information content (AvgIpc) is 2.54. The highest BCUT2D eigenvalue weighted by molar-refractivity contribution is 5.64. The molecule has 1 aromatic heterocycles. The third-order valence-corrected chi connectivity index (χ3v) is 3.73. The summed E-state index contributed by atoms with van der Waals surface area (Å²) >= 11 is 0. The van der Waals surface area contributed by atoms with Crippen molar-refractivity contribution in [2.45, 2.75) is 12.8 Å². The molecule has 0 spiro atoms. The van der Waals surface area contributed by atoms with Crippen LogP contribution < -0.4 is 11.1 Å². The van der Waals surface area contributed by atoms with Crippen LogP contribution in [0.3, 0.4) is 0 Å². The van der Waals surface area contributed by atoms with Crippen molar-refractivity contribution in [1.29, 1.82) is 0 Å². The van der Waals surface area contributed by atoms with Crippen LogP contribution >= 0.6 is 0 Å². The van der Waals surface area contributed by atoms with E-state index in [0.29, 0.717) is 5.92 Å². The summed E-state index contributed by atoms with van der Waals surface area (Å²) in [4.78, 5) is 8.87. The molecule has 0 amide bonds. The topological polar surface area (TPSA) is 73.1 Å². The fourth-order valence-electron chi connectivity index (χ4n) is 2.49. The van der Waals surface area contributed by atoms with Gasteiger partial charge in [-0.05, 0) is 30.9 Å². The number of anilines is 2. The van der Waals surface area contributed by atoms with E-state index in [1.54, 1.807) is 12.4 Å². The molecule has 21 heavy (non-hydrogen) atoms. The van der Waals surface area contributed by atoms with Crippen molar-refractivity contribution in [2.24, 2.45) is 5.92 Å². The van der Waals surface area contributed by atoms with Gasteiger partial charge >= 0.3 is 0 Å². The van der Waals surface area contributed by atoms with Gasteiger partial charge in [0.2, 0.25) is 0 Å². The maximum Gasteiger partial charge on any atom is 0.145 e. The van der Waals surface area contributed by atoms with Crippen LogP contribution in [0.2, 0.25) is 0 Å². The largest absolute Gasteiger partial charge is 0.399 e. The maximum atomic E-state index is 5.81. The second-order valence-corrected chi connectivity index (χ2v) is 5.35. The Morgan fingerprint density at radius 3 is 2.90 bits per heavy atom. The number of nitrogens with zero attached hydrogens (tertiary/aromatic N) is 2. The molecule has 1 aromatic carbocycles. The molecule has 0 saturated carbocycles. The van der Waals surface area contributed by atoms with Gasteiger partial charge in [-0.25, -0.2) is 4.98 Å². The number of nitrogens with two attached hydrogens (primary N) is 1. The zero-order valence-corrected chi connectivity index (χ0v) is 12.0. The van der Waals surface area contributed by atoms with Crippen molar-refractivity contribution in [3.8, 4) is 11.3 Å². The number of nitrogen functional groups attached to an aromatic ring is 1. The minimum Gasteiger partial charge on any atom is -0.399 e. The van der Waals surface area contributed by atoms with Gasteiger partial charge in [-0.2, -0.15) is 0 Å². The minimum atomic E-state index is 0.650. The minimum absolute atomic E-state index is 0.650. The van der Waals surface area contributed by atoms with Gasteiger partial charge < -0.3 is 15.8 Å². The van der Waals surface area contributed by atoms with Gasteiger partial charge in [-0.3, -0.25) is 4.98 Å². The van der Waals surface area contributed by atoms with Crippen LogP contribution in [0, 0.1) is 5.92 Å². The highest BCUT2D eigenvalue weighted by Crippen LogP contribution is 2.20. The number of hydrogen-bond donors (Lipinski definition) is 2. The summed E-state index contributed by atoms with van der Waals surface area (Å²) in [5.74, 6) is 1.46. The molecule has 0 radical (unpaired) electrons. The molecule has 3 rings (SSSR count). The Morgan fingerprint density at radius 1 is 1.24 bits per heavy atom. The SMILES string of the molecule is Nc1cccc(-c2cncc(NCC3CCOCC3)n2)c1. The van der Waals surface area contributed by atoms with Crippen LogP contribution in [-0.2, 0) is 4.74 Å². The van der Waals surface area contributed by atoms with Gasteiger partial charge in [0.25, 0.3) is 0 Å². The standard InChI is InChI=1S/C16H20N4O/c17-14-3-1-2-13(8-14)15-10-18-11-16(20-15)19-9-12-4-6-21-7-5-12/h1-3,8,10-12H,4-7,9,17H2,(H,19,20). The van der Waals surface area contributed by atoms with E-state index in [9.17, 15) is 0 Å². The number of nitrogens with one attached hydrogen (secondary N) is 1. The Labute approximate surface area is 124 Å². The van der Waals surface area contributed by atoms with Gasteiger partial charge in [-0.15, -0.1) is 0 Å². The molecule has 2 heterocycles. The number of rotatable bonds is 4. The lowest BCUT2D eigenvalue weighted by molar-refractivity contribution is 0.0699. The molecule has 1 aliphatic heterocycles. The smallest absolute Gasteiger partial charge is 0.145 e. The molecule has 1 saturated heterocycles. The zero-order valence-electron chi connectivity index (χ0n) is 12.0. The molecule has 1 aliphatic rings. The zero-order chi connectivity index (χ0) is 14.5. The predicted octanol–water partition coefficient (Wildman–Crippen LogP) is 2.56. The second kappa shape index (κ2) is 6.54. The molecular weight excluding hydrogens is 264 g/mol. The molecule has 0 atom stereocenters. The molecule has 5 nitrogen and oxygen atoms in total. The number of hydrogen-bond acceptors (Lipinski definition) is 5. The van der Waals surface area contributed by atoms with Crippen molar-refractivity contribution in [3.63, 3.8) is 0 Å². The third kappa shape index (κ3) is 3.70. The molecule has 1 fully saturated rings. The first-order chi connectivity index (χ1) is 10.3. The lowest BCUT2D eigenvalue weighted by atomic mass is 10.0. The summed E-state index contributed by atoms with van der Waals surface area (Å²) in [5.41, 5.74) is 8.36. The van der Waals surface area contributed by atoms with Crippen molar-refractivity contribution in [1.82, 2.24) is 9.97 Å². The second-order valence-electron chi connectivity index (χ2n) is 5.35. The van der Waals surface area contributed by atoms with E-state index in [4.69, 9.17) is 10.5 Å². The summed E-state index contributed by atoms with van der Waals surface area (Å²) in [7, 11) is 0. The first-order valence-electron chi connectivity index (χ1n) is 7.31. The van der Waals surface area contributed by atoms with Crippen LogP contribution in [0.25, 0.3) is 11.3 Å². The summed E-state index contributed by atoms with van der Waals surface area (Å²) in [6, 6.07) is 7.69. The van der Waals surface area contributed by atoms with E-state index < -0.39 is 0 Å². The Hall–Kier alpha value is -2.14. The quantitative estimate of drug-likeness (QED) is 0.844. The van der Waals surface area contributed by atoms with Gasteiger partial charge in [0.15, 0.2) is 0 Å². The normalized spacial score (nSPS) is 15.8. The Bertz CT molecular complexity index is 596. The highest BCUT2D eigenvalue weighted by atomic mass is 16.5. The van der Waals surface area contributed by atoms with E-state index in [0.717, 1.165) is 55.4 Å². The first-order valence-corrected chi connectivity index (χ1v) is 7.31. The van der Waals surface area contributed by atoms with Crippen molar-refractivity contribution in [3.05, 3.63) is 36.7 Å². The van der Waals surface area contributed by atoms with E-state index in [1.807, 2.05) is 24.3 Å². The summed E-state index contributed by atoms with van der Waals surface area (Å²) < 4.78 is 5.37. The third-order valence-electron chi connectivity index (χ3n) is 3.73. The van der Waals surface area contributed by atoms with Crippen LogP contribution in [-0.4, -0.2) is 29.7 Å². The van der Waals surface area contributed by atoms with Gasteiger partial charge in [0, 0.05) is 31.0 Å². The summed E-state index contributed by atoms with van der Waals surface area (Å²) in [6.45, 7) is 2.64. The van der Waals surface area contributed by atoms with Gasteiger partial charge in [0.05, 0.1) is 18.1 Å². The fourth-order valence-corrected chi connectivity index (χ4v) is 2.49. The Balaban J connectivity index is 1.68. The van der Waals surface area contributed by atoms with E-state index in [-0.39, 0.29) is 0 Å². The molecule has 0 unspecified atom stereocenters. The molecule has 2 aromatic rings. The summed E-state index contributed by atoms with van der Waals surface area (Å²) in [5, 5.41) is 3.38. The Morgan fingerprint density at radius 2 is 2.10 bits per heavy atom. The molecular formula is C16H20N4O. The molecule has 5 heteroatoms. The van der Waals surface area contributed by atoms with Crippen LogP contribution in [0.1, 0.15) is 12.8 Å². The number of ether oxygens (including phenoxy) is 1. The summed E-state index contributed by atoms with van der Waals surface area (Å²) in [6.07, 6.45) is 5.73. The van der Waals surface area contributed by atoms with Gasteiger partial charge in [-0.1, -0.05) is 12.1 Å². The number of aromatic nitrogens is 2. The van der Waals surface area contributed by atoms with Gasteiger partial charge in [0.1, 0.15) is 5.82 Å². The fraction of sp³-hybridized carbons (Fsp3) is 0.375. The van der Waals surface area contributed by atoms with Crippen molar-refractivity contribution in [2.75, 3.05) is 30.8 Å². The van der Waals surface area contributed by atoms with E-state index in [2.05, 4.69) is 15.3 Å². The molecule has 0 aliphatic carbocycles. The van der Waals surface area contributed by atoms with E-state index >= 15 is 0 Å². The predicted molar refractivity (Wildman–Crippen MR) is 83.9 cm³/mol. The van der Waals surface area contributed by atoms with Crippen molar-refractivity contribution < 1.29 is 4.74 Å². The first kappa shape index (κ1) is 13.8. The monoisotopic (exact) mass is 284 g/mol. The molecule has 0 bridgehead atoms. The van der Waals surface area contributed by atoms with Crippen LogP contribution in [0.15, 0.2) is 36.7 Å². The molecule has 110 valence electrons. The molecule has 3 N–H and O–H groups in total. The van der Waals surface area contributed by atoms with E-state index in [1.165, 1.54) is 0 Å². The highest BCUT2D eigenvalue weighted by Gasteiger charge is 2.13. The lowest BCUT2D eigenvalue weighted by Crippen LogP contribution is -2.23. The van der Waals surface area contributed by atoms with Crippen molar-refractivity contribution >= 4 is 11.5 Å². The van der Waals surface area contributed by atoms with Crippen LogP contribution in [0.5, 0.6) is 0 Å². The Kier molecular flexibility index (Phi) is 4.31. The number of benzene rings is 1. The maximum absolute atomic E-state index is 5.81. The lowest BCUT2D eigenvalue weighted by Gasteiger charge is -2.22. The average molecular weight is 284 g/mol.